The summed E-state index contributed by atoms with van der Waals surface area (Å²) in [6.45, 7) is 4.36. The maximum atomic E-state index is 12.2. The maximum Gasteiger partial charge on any atom is 0.291 e. The van der Waals surface area contributed by atoms with Gasteiger partial charge in [0.05, 0.1) is 10.0 Å². The lowest BCUT2D eigenvalue weighted by atomic mass is 9.93. The number of aromatic nitrogens is 4. The first kappa shape index (κ1) is 14.9. The molecule has 0 aliphatic carbocycles. The average molecular weight is 341 g/mol. The van der Waals surface area contributed by atoms with Gasteiger partial charge in [-0.25, -0.2) is 9.50 Å². The first-order valence-corrected chi connectivity index (χ1v) is 7.23. The van der Waals surface area contributed by atoms with Crippen molar-refractivity contribution in [3.8, 4) is 0 Å². The molecule has 0 saturated carbocycles. The molecular weight excluding hydrogens is 324 g/mol. The number of hydrogen-bond acceptors (Lipinski definition) is 5. The molecule has 2 aromatic heterocycles. The van der Waals surface area contributed by atoms with Gasteiger partial charge in [-0.15, -0.1) is 5.10 Å². The van der Waals surface area contributed by atoms with E-state index in [0.717, 1.165) is 17.3 Å². The number of nitrogens with one attached hydrogen (secondary N) is 1. The van der Waals surface area contributed by atoms with Gasteiger partial charge in [0.15, 0.2) is 0 Å². The van der Waals surface area contributed by atoms with Crippen LogP contribution in [-0.4, -0.2) is 37.6 Å². The minimum atomic E-state index is -0.414. The van der Waals surface area contributed by atoms with Gasteiger partial charge in [-0.3, -0.25) is 4.79 Å². The zero-order chi connectivity index (χ0) is 14.8. The van der Waals surface area contributed by atoms with Crippen LogP contribution >= 0.6 is 15.9 Å². The van der Waals surface area contributed by atoms with Gasteiger partial charge in [-0.05, 0) is 28.8 Å². The number of rotatable bonds is 5. The van der Waals surface area contributed by atoms with E-state index in [2.05, 4.69) is 36.3 Å². The van der Waals surface area contributed by atoms with Crippen LogP contribution in [0.3, 0.4) is 0 Å². The zero-order valence-electron chi connectivity index (χ0n) is 11.4. The third kappa shape index (κ3) is 2.80. The molecule has 0 aliphatic rings. The largest absolute Gasteiger partial charge is 0.343 e. The normalized spacial score (nSPS) is 11.8. The zero-order valence-corrected chi connectivity index (χ0v) is 13.0. The predicted molar refractivity (Wildman–Crippen MR) is 78.3 cm³/mol. The van der Waals surface area contributed by atoms with E-state index < -0.39 is 5.54 Å². The highest BCUT2D eigenvalue weighted by Crippen LogP contribution is 2.14. The van der Waals surface area contributed by atoms with Crippen molar-refractivity contribution in [2.75, 3.05) is 6.54 Å². The number of carbonyl (C=O) groups is 1. The fourth-order valence-electron chi connectivity index (χ4n) is 1.92. The highest BCUT2D eigenvalue weighted by molar-refractivity contribution is 9.10. The molecule has 20 heavy (non-hydrogen) atoms. The van der Waals surface area contributed by atoms with Crippen LogP contribution in [0.5, 0.6) is 0 Å². The monoisotopic (exact) mass is 340 g/mol. The maximum absolute atomic E-state index is 12.2. The van der Waals surface area contributed by atoms with Crippen molar-refractivity contribution >= 4 is 27.6 Å². The van der Waals surface area contributed by atoms with Gasteiger partial charge in [0.1, 0.15) is 0 Å². The van der Waals surface area contributed by atoms with Gasteiger partial charge < -0.3 is 11.1 Å². The number of halogens is 1. The molecule has 0 unspecified atom stereocenters. The fourth-order valence-corrected chi connectivity index (χ4v) is 2.21. The molecule has 0 atom stereocenters. The Morgan fingerprint density at radius 2 is 2.20 bits per heavy atom. The number of nitrogens with two attached hydrogens (primary N) is 1. The third-order valence-corrected chi connectivity index (χ3v) is 3.90. The molecule has 3 N–H and O–H groups in total. The summed E-state index contributed by atoms with van der Waals surface area (Å²) in [5.74, 6) is 0.140. The second kappa shape index (κ2) is 5.84. The molecule has 7 nitrogen and oxygen atoms in total. The van der Waals surface area contributed by atoms with Gasteiger partial charge in [0.25, 0.3) is 11.7 Å². The Kier molecular flexibility index (Phi) is 4.34. The molecule has 0 bridgehead atoms. The predicted octanol–water partition coefficient (Wildman–Crippen LogP) is 1.13. The Balaban J connectivity index is 2.27. The summed E-state index contributed by atoms with van der Waals surface area (Å²) in [5.41, 5.74) is 5.36. The Bertz CT molecular complexity index is 613. The summed E-state index contributed by atoms with van der Waals surface area (Å²) in [4.78, 5) is 20.4. The van der Waals surface area contributed by atoms with Crippen LogP contribution in [0, 0.1) is 0 Å². The van der Waals surface area contributed by atoms with Crippen molar-refractivity contribution in [3.05, 3.63) is 22.7 Å². The molecule has 8 heteroatoms. The quantitative estimate of drug-likeness (QED) is 0.850. The first-order chi connectivity index (χ1) is 9.53. The van der Waals surface area contributed by atoms with Crippen LogP contribution in [0.2, 0.25) is 0 Å². The van der Waals surface area contributed by atoms with Gasteiger partial charge in [0.2, 0.25) is 5.82 Å². The first-order valence-electron chi connectivity index (χ1n) is 6.44. The molecule has 0 aromatic carbocycles. The van der Waals surface area contributed by atoms with E-state index in [1.54, 1.807) is 12.4 Å². The minimum absolute atomic E-state index is 0.0929. The Hall–Kier alpha value is -1.54. The van der Waals surface area contributed by atoms with Crippen LogP contribution in [-0.2, 0) is 0 Å². The van der Waals surface area contributed by atoms with Crippen LogP contribution < -0.4 is 11.1 Å². The van der Waals surface area contributed by atoms with Crippen LogP contribution in [0.25, 0.3) is 5.78 Å². The lowest BCUT2D eigenvalue weighted by molar-refractivity contribution is 0.0884. The second-order valence-corrected chi connectivity index (χ2v) is 5.51. The molecular formula is C12H17BrN6O. The molecule has 2 aromatic rings. The van der Waals surface area contributed by atoms with Crippen molar-refractivity contribution < 1.29 is 4.79 Å². The molecule has 0 spiro atoms. The lowest BCUT2D eigenvalue weighted by Crippen LogP contribution is -2.53. The Labute approximate surface area is 125 Å². The van der Waals surface area contributed by atoms with E-state index in [4.69, 9.17) is 5.73 Å². The van der Waals surface area contributed by atoms with Crippen molar-refractivity contribution in [2.45, 2.75) is 32.2 Å². The van der Waals surface area contributed by atoms with E-state index in [1.807, 2.05) is 13.8 Å². The van der Waals surface area contributed by atoms with E-state index in [-0.39, 0.29) is 11.7 Å². The molecule has 0 fully saturated rings. The number of amides is 1. The molecule has 1 amide bonds. The molecule has 108 valence electrons. The van der Waals surface area contributed by atoms with E-state index in [1.165, 1.54) is 4.52 Å². The smallest absolute Gasteiger partial charge is 0.291 e. The fraction of sp³-hybridized carbons (Fsp3) is 0.500. The highest BCUT2D eigenvalue weighted by atomic mass is 79.9. The second-order valence-electron chi connectivity index (χ2n) is 4.60. The van der Waals surface area contributed by atoms with Gasteiger partial charge in [-0.1, -0.05) is 13.8 Å². The van der Waals surface area contributed by atoms with Crippen LogP contribution in [0.1, 0.15) is 37.3 Å². The van der Waals surface area contributed by atoms with Crippen molar-refractivity contribution in [3.63, 3.8) is 0 Å². The number of nitrogens with zero attached hydrogens (tertiary/aromatic N) is 4. The minimum Gasteiger partial charge on any atom is -0.343 e. The lowest BCUT2D eigenvalue weighted by Gasteiger charge is -2.30. The van der Waals surface area contributed by atoms with E-state index >= 15 is 0 Å². The summed E-state index contributed by atoms with van der Waals surface area (Å²) in [5, 5.41) is 7.05. The van der Waals surface area contributed by atoms with Crippen molar-refractivity contribution in [1.82, 2.24) is 24.9 Å². The van der Waals surface area contributed by atoms with Crippen molar-refractivity contribution in [2.24, 2.45) is 5.73 Å². The van der Waals surface area contributed by atoms with Gasteiger partial charge in [0, 0.05) is 18.9 Å². The molecule has 0 saturated heterocycles. The van der Waals surface area contributed by atoms with Gasteiger partial charge in [-0.2, -0.15) is 4.98 Å². The topological polar surface area (TPSA) is 98.2 Å². The number of carbonyl (C=O) groups excluding carboxylic acids is 1. The van der Waals surface area contributed by atoms with Crippen LogP contribution in [0.15, 0.2) is 16.9 Å². The SMILES string of the molecule is CCC(CC)(CN)NC(=O)c1nc2ncc(Br)cn2n1. The van der Waals surface area contributed by atoms with E-state index in [9.17, 15) is 4.79 Å². The summed E-state index contributed by atoms with van der Waals surface area (Å²) in [7, 11) is 0. The number of hydrogen-bond donors (Lipinski definition) is 2. The molecule has 0 radical (unpaired) electrons. The summed E-state index contributed by atoms with van der Waals surface area (Å²) in [6, 6.07) is 0. The Morgan fingerprint density at radius 1 is 1.50 bits per heavy atom. The summed E-state index contributed by atoms with van der Waals surface area (Å²) in [6.07, 6.45) is 4.81. The Morgan fingerprint density at radius 3 is 2.80 bits per heavy atom. The standard InChI is InChI=1S/C12H17BrN6O/c1-3-12(4-2,7-14)17-10(20)9-16-11-15-5-8(13)6-19(11)18-9/h5-6H,3-4,7,14H2,1-2H3,(H,17,20). The van der Waals surface area contributed by atoms with Gasteiger partial charge >= 0.3 is 0 Å². The molecule has 2 rings (SSSR count). The average Bonchev–Trinajstić information content (AvgIpc) is 2.88. The summed E-state index contributed by atoms with van der Waals surface area (Å²) >= 11 is 3.29. The van der Waals surface area contributed by atoms with Crippen LogP contribution in [0.4, 0.5) is 0 Å². The highest BCUT2D eigenvalue weighted by Gasteiger charge is 2.28. The third-order valence-electron chi connectivity index (χ3n) is 3.49. The summed E-state index contributed by atoms with van der Waals surface area (Å²) < 4.78 is 2.22. The molecule has 2 heterocycles. The van der Waals surface area contributed by atoms with E-state index in [0.29, 0.717) is 12.3 Å². The van der Waals surface area contributed by atoms with Crippen molar-refractivity contribution in [1.29, 1.82) is 0 Å². The number of fused-ring (bicyclic) bond motifs is 1. The molecule has 0 aliphatic heterocycles.